The van der Waals surface area contributed by atoms with Gasteiger partial charge in [-0.3, -0.25) is 0 Å². The molecule has 0 N–H and O–H groups in total. The highest BCUT2D eigenvalue weighted by molar-refractivity contribution is 6.20. The lowest BCUT2D eigenvalue weighted by Gasteiger charge is -2.12. The summed E-state index contributed by atoms with van der Waals surface area (Å²) in [6.07, 6.45) is 4.73. The molecule has 2 atom stereocenters. The summed E-state index contributed by atoms with van der Waals surface area (Å²) in [5, 5.41) is 0.210. The van der Waals surface area contributed by atoms with E-state index in [1.165, 1.54) is 0 Å². The number of aryl methyl sites for hydroxylation is 1. The van der Waals surface area contributed by atoms with Gasteiger partial charge in [0.25, 0.3) is 0 Å². The molecule has 0 aliphatic carbocycles. The quantitative estimate of drug-likeness (QED) is 0.662. The standard InChI is InChI=1S/C9H15ClN2/c1-7(8(2)10)6-9-11-4-5-12(9)3/h4-5,7-8H,6H2,1-3H3. The van der Waals surface area contributed by atoms with Crippen molar-refractivity contribution in [3.8, 4) is 0 Å². The van der Waals surface area contributed by atoms with Crippen LogP contribution in [0.2, 0.25) is 0 Å². The van der Waals surface area contributed by atoms with Gasteiger partial charge in [-0.1, -0.05) is 6.92 Å². The average molecular weight is 187 g/mol. The van der Waals surface area contributed by atoms with E-state index in [-0.39, 0.29) is 5.38 Å². The van der Waals surface area contributed by atoms with Gasteiger partial charge < -0.3 is 4.57 Å². The lowest BCUT2D eigenvalue weighted by atomic mass is 10.0. The van der Waals surface area contributed by atoms with Crippen molar-refractivity contribution in [3.05, 3.63) is 18.2 Å². The monoisotopic (exact) mass is 186 g/mol. The number of nitrogens with zero attached hydrogens (tertiary/aromatic N) is 2. The molecule has 2 unspecified atom stereocenters. The summed E-state index contributed by atoms with van der Waals surface area (Å²) in [6.45, 7) is 4.17. The maximum Gasteiger partial charge on any atom is 0.108 e. The van der Waals surface area contributed by atoms with Crippen molar-refractivity contribution in [2.75, 3.05) is 0 Å². The van der Waals surface area contributed by atoms with Crippen LogP contribution in [0.15, 0.2) is 12.4 Å². The molecule has 68 valence electrons. The van der Waals surface area contributed by atoms with Crippen molar-refractivity contribution in [2.24, 2.45) is 13.0 Å². The van der Waals surface area contributed by atoms with E-state index >= 15 is 0 Å². The fourth-order valence-electron chi connectivity index (χ4n) is 1.04. The Morgan fingerprint density at radius 1 is 1.58 bits per heavy atom. The maximum absolute atomic E-state index is 5.96. The van der Waals surface area contributed by atoms with E-state index in [2.05, 4.69) is 11.9 Å². The van der Waals surface area contributed by atoms with Gasteiger partial charge in [-0.2, -0.15) is 0 Å². The second kappa shape index (κ2) is 3.94. The Hall–Kier alpha value is -0.500. The van der Waals surface area contributed by atoms with Crippen LogP contribution in [0.4, 0.5) is 0 Å². The smallest absolute Gasteiger partial charge is 0.108 e. The molecule has 1 rings (SSSR count). The van der Waals surface area contributed by atoms with Crippen LogP contribution in [0.5, 0.6) is 0 Å². The third-order valence-corrected chi connectivity index (χ3v) is 2.64. The van der Waals surface area contributed by atoms with Crippen LogP contribution in [0, 0.1) is 5.92 Å². The highest BCUT2D eigenvalue weighted by atomic mass is 35.5. The van der Waals surface area contributed by atoms with Gasteiger partial charge in [0.1, 0.15) is 5.82 Å². The molecular weight excluding hydrogens is 172 g/mol. The first kappa shape index (κ1) is 9.59. The van der Waals surface area contributed by atoms with E-state index in [4.69, 9.17) is 11.6 Å². The summed E-state index contributed by atoms with van der Waals surface area (Å²) >= 11 is 5.96. The molecule has 0 bridgehead atoms. The first-order chi connectivity index (χ1) is 5.61. The molecular formula is C9H15ClN2. The van der Waals surface area contributed by atoms with Gasteiger partial charge in [-0.15, -0.1) is 11.6 Å². The Bertz CT molecular complexity index is 242. The Labute approximate surface area is 78.6 Å². The van der Waals surface area contributed by atoms with Crippen molar-refractivity contribution in [2.45, 2.75) is 25.6 Å². The molecule has 0 saturated heterocycles. The van der Waals surface area contributed by atoms with E-state index in [1.54, 1.807) is 0 Å². The molecule has 0 saturated carbocycles. The first-order valence-corrected chi connectivity index (χ1v) is 4.65. The second-order valence-corrected chi connectivity index (χ2v) is 4.00. The van der Waals surface area contributed by atoms with Gasteiger partial charge in [-0.05, 0) is 12.8 Å². The zero-order valence-corrected chi connectivity index (χ0v) is 8.54. The number of hydrogen-bond donors (Lipinski definition) is 0. The highest BCUT2D eigenvalue weighted by Gasteiger charge is 2.11. The van der Waals surface area contributed by atoms with Crippen LogP contribution in [0.1, 0.15) is 19.7 Å². The molecule has 0 aliphatic rings. The summed E-state index contributed by atoms with van der Waals surface area (Å²) < 4.78 is 2.04. The number of rotatable bonds is 3. The molecule has 2 nitrogen and oxygen atoms in total. The normalized spacial score (nSPS) is 16.0. The highest BCUT2D eigenvalue weighted by Crippen LogP contribution is 2.14. The Kier molecular flexibility index (Phi) is 3.15. The van der Waals surface area contributed by atoms with Crippen molar-refractivity contribution in [3.63, 3.8) is 0 Å². The Morgan fingerprint density at radius 2 is 2.25 bits per heavy atom. The Morgan fingerprint density at radius 3 is 2.67 bits per heavy atom. The van der Waals surface area contributed by atoms with Crippen LogP contribution in [0.3, 0.4) is 0 Å². The summed E-state index contributed by atoms with van der Waals surface area (Å²) in [5.41, 5.74) is 0. The third kappa shape index (κ3) is 2.24. The van der Waals surface area contributed by atoms with Gasteiger partial charge in [-0.25, -0.2) is 4.98 Å². The zero-order chi connectivity index (χ0) is 9.14. The molecule has 1 heterocycles. The number of halogens is 1. The number of alkyl halides is 1. The molecule has 0 aliphatic heterocycles. The molecule has 0 fully saturated rings. The van der Waals surface area contributed by atoms with E-state index in [9.17, 15) is 0 Å². The molecule has 0 radical (unpaired) electrons. The van der Waals surface area contributed by atoms with Crippen molar-refractivity contribution >= 4 is 11.6 Å². The summed E-state index contributed by atoms with van der Waals surface area (Å²) in [7, 11) is 2.01. The number of aromatic nitrogens is 2. The minimum atomic E-state index is 0.210. The molecule has 12 heavy (non-hydrogen) atoms. The van der Waals surface area contributed by atoms with Gasteiger partial charge in [0, 0.05) is 31.2 Å². The van der Waals surface area contributed by atoms with E-state index < -0.39 is 0 Å². The number of hydrogen-bond acceptors (Lipinski definition) is 1. The van der Waals surface area contributed by atoms with Gasteiger partial charge >= 0.3 is 0 Å². The van der Waals surface area contributed by atoms with E-state index in [1.807, 2.05) is 30.9 Å². The predicted octanol–water partition coefficient (Wildman–Crippen LogP) is 2.23. The van der Waals surface area contributed by atoms with Crippen LogP contribution in [0.25, 0.3) is 0 Å². The van der Waals surface area contributed by atoms with Crippen molar-refractivity contribution in [1.82, 2.24) is 9.55 Å². The molecule has 0 amide bonds. The van der Waals surface area contributed by atoms with Crippen LogP contribution >= 0.6 is 11.6 Å². The van der Waals surface area contributed by atoms with E-state index in [0.717, 1.165) is 12.2 Å². The molecule has 1 aromatic heterocycles. The third-order valence-electron chi connectivity index (χ3n) is 2.21. The fourth-order valence-corrected chi connectivity index (χ4v) is 1.13. The largest absolute Gasteiger partial charge is 0.338 e. The topological polar surface area (TPSA) is 17.8 Å². The first-order valence-electron chi connectivity index (χ1n) is 4.21. The fraction of sp³-hybridized carbons (Fsp3) is 0.667. The van der Waals surface area contributed by atoms with Gasteiger partial charge in [0.05, 0.1) is 0 Å². The Balaban J connectivity index is 2.58. The molecule has 1 aromatic rings. The summed E-state index contributed by atoms with van der Waals surface area (Å²) in [4.78, 5) is 4.24. The lowest BCUT2D eigenvalue weighted by molar-refractivity contribution is 0.540. The van der Waals surface area contributed by atoms with Gasteiger partial charge in [0.15, 0.2) is 0 Å². The lowest BCUT2D eigenvalue weighted by Crippen LogP contribution is -2.13. The summed E-state index contributed by atoms with van der Waals surface area (Å²) in [6, 6.07) is 0. The minimum Gasteiger partial charge on any atom is -0.338 e. The molecule has 0 aromatic carbocycles. The van der Waals surface area contributed by atoms with Gasteiger partial charge in [0.2, 0.25) is 0 Å². The summed E-state index contributed by atoms with van der Waals surface area (Å²) in [5.74, 6) is 1.59. The zero-order valence-electron chi connectivity index (χ0n) is 7.79. The van der Waals surface area contributed by atoms with Crippen molar-refractivity contribution < 1.29 is 0 Å². The molecule has 3 heteroatoms. The number of imidazole rings is 1. The second-order valence-electron chi connectivity index (χ2n) is 3.31. The molecule has 0 spiro atoms. The maximum atomic E-state index is 5.96. The minimum absolute atomic E-state index is 0.210. The van der Waals surface area contributed by atoms with Crippen LogP contribution < -0.4 is 0 Å². The SMILES string of the molecule is CC(Cl)C(C)Cc1nccn1C. The van der Waals surface area contributed by atoms with E-state index in [0.29, 0.717) is 5.92 Å². The van der Waals surface area contributed by atoms with Crippen LogP contribution in [-0.4, -0.2) is 14.9 Å². The predicted molar refractivity (Wildman–Crippen MR) is 51.4 cm³/mol. The average Bonchev–Trinajstić information content (AvgIpc) is 2.36. The van der Waals surface area contributed by atoms with Crippen LogP contribution in [-0.2, 0) is 13.5 Å². The van der Waals surface area contributed by atoms with Crippen molar-refractivity contribution in [1.29, 1.82) is 0 Å².